The number of nitrogens with zero attached hydrogens (tertiary/aromatic N) is 2. The molecule has 0 aliphatic heterocycles. The van der Waals surface area contributed by atoms with Gasteiger partial charge in [-0.2, -0.15) is 0 Å². The first-order valence-corrected chi connectivity index (χ1v) is 9.87. The van der Waals surface area contributed by atoms with Crippen LogP contribution in [0.1, 0.15) is 17.3 Å². The molecule has 0 atom stereocenters. The highest BCUT2D eigenvalue weighted by Crippen LogP contribution is 2.19. The van der Waals surface area contributed by atoms with Crippen LogP contribution in [-0.2, 0) is 19.6 Å². The van der Waals surface area contributed by atoms with Crippen molar-refractivity contribution in [3.8, 4) is 0 Å². The van der Waals surface area contributed by atoms with Crippen LogP contribution in [-0.4, -0.2) is 51.8 Å². The number of benzene rings is 2. The monoisotopic (exact) mass is 408 g/mol. The van der Waals surface area contributed by atoms with E-state index in [1.54, 1.807) is 37.3 Å². The topological polar surface area (TPSA) is 84.0 Å². The van der Waals surface area contributed by atoms with Gasteiger partial charge < -0.3 is 9.64 Å². The zero-order valence-corrected chi connectivity index (χ0v) is 16.6. The Morgan fingerprint density at radius 3 is 2.29 bits per heavy atom. The summed E-state index contributed by atoms with van der Waals surface area (Å²) in [7, 11) is -1.22. The van der Waals surface area contributed by atoms with Crippen LogP contribution < -0.4 is 4.90 Å². The zero-order chi connectivity index (χ0) is 20.9. The van der Waals surface area contributed by atoms with Crippen LogP contribution in [0.5, 0.6) is 0 Å². The second-order valence-corrected chi connectivity index (χ2v) is 8.13. The second-order valence-electron chi connectivity index (χ2n) is 5.98. The van der Waals surface area contributed by atoms with E-state index in [1.807, 2.05) is 0 Å². The summed E-state index contributed by atoms with van der Waals surface area (Å²) in [6, 6.07) is 11.6. The molecule has 0 unspecified atom stereocenters. The van der Waals surface area contributed by atoms with E-state index in [4.69, 9.17) is 4.74 Å². The van der Waals surface area contributed by atoms with E-state index in [9.17, 15) is 22.4 Å². The molecule has 2 aromatic carbocycles. The van der Waals surface area contributed by atoms with Gasteiger partial charge in [-0.1, -0.05) is 18.2 Å². The number of carbonyl (C=O) groups excluding carboxylic acids is 2. The molecular weight excluding hydrogens is 387 g/mol. The highest BCUT2D eigenvalue weighted by atomic mass is 32.2. The Bertz CT molecular complexity index is 962. The molecule has 0 aromatic heterocycles. The number of likely N-dealkylation sites (N-methyl/N-ethyl adjacent to an activating group) is 1. The van der Waals surface area contributed by atoms with Crippen molar-refractivity contribution < 1.29 is 27.1 Å². The molecule has 150 valence electrons. The van der Waals surface area contributed by atoms with E-state index in [0.29, 0.717) is 12.2 Å². The van der Waals surface area contributed by atoms with Gasteiger partial charge in [-0.3, -0.25) is 4.79 Å². The molecule has 0 radical (unpaired) electrons. The van der Waals surface area contributed by atoms with Gasteiger partial charge in [0.15, 0.2) is 6.61 Å². The van der Waals surface area contributed by atoms with E-state index in [2.05, 4.69) is 0 Å². The van der Waals surface area contributed by atoms with Crippen LogP contribution >= 0.6 is 0 Å². The fraction of sp³-hybridized carbons (Fsp3) is 0.263. The fourth-order valence-corrected chi connectivity index (χ4v) is 3.35. The van der Waals surface area contributed by atoms with Gasteiger partial charge in [-0.25, -0.2) is 21.9 Å². The summed E-state index contributed by atoms with van der Waals surface area (Å²) in [4.78, 5) is 25.7. The molecule has 7 nitrogen and oxygen atoms in total. The molecule has 1 amide bonds. The minimum atomic E-state index is -3.85. The van der Waals surface area contributed by atoms with E-state index in [1.165, 1.54) is 19.0 Å². The number of amides is 1. The van der Waals surface area contributed by atoms with Crippen LogP contribution in [0.4, 0.5) is 10.1 Å². The van der Waals surface area contributed by atoms with Crippen LogP contribution in [0.15, 0.2) is 53.4 Å². The smallest absolute Gasteiger partial charge is 0.341 e. The Hall–Kier alpha value is -2.78. The predicted octanol–water partition coefficient (Wildman–Crippen LogP) is 2.29. The van der Waals surface area contributed by atoms with Crippen LogP contribution in [0.3, 0.4) is 0 Å². The van der Waals surface area contributed by atoms with Crippen molar-refractivity contribution in [1.82, 2.24) is 4.31 Å². The summed E-state index contributed by atoms with van der Waals surface area (Å²) < 4.78 is 44.2. The van der Waals surface area contributed by atoms with Gasteiger partial charge in [0.2, 0.25) is 10.0 Å². The van der Waals surface area contributed by atoms with Crippen molar-refractivity contribution in [1.29, 1.82) is 0 Å². The lowest BCUT2D eigenvalue weighted by Crippen LogP contribution is -2.34. The minimum absolute atomic E-state index is 0.253. The number of halogens is 1. The molecule has 0 bridgehead atoms. The molecule has 0 N–H and O–H groups in total. The van der Waals surface area contributed by atoms with E-state index >= 15 is 0 Å². The third kappa shape index (κ3) is 4.73. The van der Waals surface area contributed by atoms with Gasteiger partial charge in [0.25, 0.3) is 5.91 Å². The number of esters is 1. The maximum atomic E-state index is 14.0. The van der Waals surface area contributed by atoms with Crippen molar-refractivity contribution in [2.45, 2.75) is 11.8 Å². The molecule has 0 spiro atoms. The largest absolute Gasteiger partial charge is 0.452 e. The lowest BCUT2D eigenvalue weighted by molar-refractivity contribution is -0.121. The number of hydrogen-bond acceptors (Lipinski definition) is 5. The highest BCUT2D eigenvalue weighted by Gasteiger charge is 2.23. The second kappa shape index (κ2) is 8.94. The summed E-state index contributed by atoms with van der Waals surface area (Å²) in [6.07, 6.45) is 0. The number of sulfonamides is 1. The summed E-state index contributed by atoms with van der Waals surface area (Å²) in [6.45, 7) is 1.51. The molecule has 0 saturated carbocycles. The van der Waals surface area contributed by atoms with Crippen LogP contribution in [0, 0.1) is 5.82 Å². The van der Waals surface area contributed by atoms with E-state index < -0.39 is 39.9 Å². The van der Waals surface area contributed by atoms with Gasteiger partial charge in [0.05, 0.1) is 10.5 Å². The van der Waals surface area contributed by atoms with Crippen molar-refractivity contribution in [3.05, 3.63) is 59.9 Å². The third-order valence-corrected chi connectivity index (χ3v) is 5.76. The first-order valence-electron chi connectivity index (χ1n) is 8.43. The Morgan fingerprint density at radius 1 is 1.07 bits per heavy atom. The summed E-state index contributed by atoms with van der Waals surface area (Å²) >= 11 is 0. The molecule has 2 rings (SSSR count). The van der Waals surface area contributed by atoms with Crippen molar-refractivity contribution in [2.24, 2.45) is 0 Å². The first kappa shape index (κ1) is 21.5. The van der Waals surface area contributed by atoms with Crippen molar-refractivity contribution >= 4 is 27.6 Å². The molecule has 0 heterocycles. The molecule has 0 aliphatic rings. The third-order valence-electron chi connectivity index (χ3n) is 3.95. The van der Waals surface area contributed by atoms with E-state index in [-0.39, 0.29) is 4.90 Å². The van der Waals surface area contributed by atoms with Crippen molar-refractivity contribution in [2.75, 3.05) is 32.1 Å². The average molecular weight is 408 g/mol. The number of anilines is 1. The van der Waals surface area contributed by atoms with E-state index in [0.717, 1.165) is 22.5 Å². The van der Waals surface area contributed by atoms with Crippen LogP contribution in [0.2, 0.25) is 0 Å². The molecule has 9 heteroatoms. The summed E-state index contributed by atoms with van der Waals surface area (Å²) in [5.41, 5.74) is 0.0785. The Kier molecular flexibility index (Phi) is 6.87. The maximum absolute atomic E-state index is 14.0. The molecule has 0 saturated heterocycles. The normalized spacial score (nSPS) is 11.3. The summed E-state index contributed by atoms with van der Waals surface area (Å²) in [5, 5.41) is 0. The lowest BCUT2D eigenvalue weighted by atomic mass is 10.2. The molecule has 2 aromatic rings. The molecule has 0 fully saturated rings. The first-order chi connectivity index (χ1) is 13.2. The molecular formula is C19H21FN2O5S. The highest BCUT2D eigenvalue weighted by molar-refractivity contribution is 7.89. The number of para-hydroxylation sites is 1. The van der Waals surface area contributed by atoms with Gasteiger partial charge in [-0.15, -0.1) is 0 Å². The Labute approximate surface area is 163 Å². The number of carbonyl (C=O) groups is 2. The average Bonchev–Trinajstić information content (AvgIpc) is 2.67. The van der Waals surface area contributed by atoms with Gasteiger partial charge >= 0.3 is 5.97 Å². The molecule has 0 aliphatic carbocycles. The lowest BCUT2D eigenvalue weighted by Gasteiger charge is -2.20. The van der Waals surface area contributed by atoms with Crippen molar-refractivity contribution in [3.63, 3.8) is 0 Å². The number of rotatable bonds is 7. The quantitative estimate of drug-likeness (QED) is 0.657. The Morgan fingerprint density at radius 2 is 1.71 bits per heavy atom. The van der Waals surface area contributed by atoms with Gasteiger partial charge in [0.1, 0.15) is 5.82 Å². The van der Waals surface area contributed by atoms with Gasteiger partial charge in [-0.05, 0) is 37.3 Å². The molecule has 28 heavy (non-hydrogen) atoms. The minimum Gasteiger partial charge on any atom is -0.452 e. The standard InChI is InChI=1S/C19H21FN2O5S/c1-4-22(14-8-6-5-7-9-14)18(23)13-27-19(24)16-12-15(10-11-17(16)20)28(25,26)21(2)3/h5-12H,4,13H2,1-3H3. The zero-order valence-electron chi connectivity index (χ0n) is 15.8. The van der Waals surface area contributed by atoms with Gasteiger partial charge in [0, 0.05) is 26.3 Å². The Balaban J connectivity index is 2.16. The number of hydrogen-bond donors (Lipinski definition) is 0. The number of ether oxygens (including phenoxy) is 1. The fourth-order valence-electron chi connectivity index (χ4n) is 2.43. The predicted molar refractivity (Wildman–Crippen MR) is 102 cm³/mol. The SMILES string of the molecule is CCN(C(=O)COC(=O)c1cc(S(=O)(=O)N(C)C)ccc1F)c1ccccc1. The van der Waals surface area contributed by atoms with Crippen LogP contribution in [0.25, 0.3) is 0 Å². The summed E-state index contributed by atoms with van der Waals surface area (Å²) in [5.74, 6) is -2.55. The maximum Gasteiger partial charge on any atom is 0.341 e.